The Morgan fingerprint density at radius 2 is 1.76 bits per heavy atom. The van der Waals surface area contributed by atoms with Gasteiger partial charge in [0.15, 0.2) is 0 Å². The predicted octanol–water partition coefficient (Wildman–Crippen LogP) is 5.04. The quantitative estimate of drug-likeness (QED) is 0.708. The molecule has 0 spiro atoms. The van der Waals surface area contributed by atoms with Crippen LogP contribution >= 0.6 is 0 Å². The molecule has 0 aromatic rings. The van der Waals surface area contributed by atoms with Crippen molar-refractivity contribution in [1.29, 1.82) is 0 Å². The maximum atomic E-state index is 6.69. The first-order chi connectivity index (χ1) is 12.0. The Bertz CT molecular complexity index is 488. The third kappa shape index (κ3) is 3.46. The Balaban J connectivity index is 1.40. The zero-order chi connectivity index (χ0) is 17.6. The fourth-order valence-electron chi connectivity index (χ4n) is 6.55. The first kappa shape index (κ1) is 18.0. The van der Waals surface area contributed by atoms with E-state index in [2.05, 4.69) is 45.2 Å². The van der Waals surface area contributed by atoms with E-state index in [9.17, 15) is 0 Å². The van der Waals surface area contributed by atoms with Gasteiger partial charge in [0.05, 0.1) is 12.2 Å². The number of hydrogen-bond acceptors (Lipinski definition) is 2. The highest BCUT2D eigenvalue weighted by Crippen LogP contribution is 2.47. The molecule has 1 N–H and O–H groups in total. The van der Waals surface area contributed by atoms with Gasteiger partial charge >= 0.3 is 0 Å². The third-order valence-electron chi connectivity index (χ3n) is 8.51. The van der Waals surface area contributed by atoms with E-state index >= 15 is 0 Å². The van der Waals surface area contributed by atoms with Crippen molar-refractivity contribution in [3.8, 4) is 0 Å². The molecule has 2 aliphatic carbocycles. The second-order valence-electron chi connectivity index (χ2n) is 9.97. The summed E-state index contributed by atoms with van der Waals surface area (Å²) in [5, 5.41) is 3.89. The number of nitrogens with one attached hydrogen (secondary N) is 1. The summed E-state index contributed by atoms with van der Waals surface area (Å²) in [7, 11) is 0. The van der Waals surface area contributed by atoms with Gasteiger partial charge in [-0.15, -0.1) is 0 Å². The molecule has 4 rings (SSSR count). The van der Waals surface area contributed by atoms with Crippen LogP contribution in [-0.4, -0.2) is 24.8 Å². The van der Waals surface area contributed by atoms with Crippen molar-refractivity contribution >= 4 is 0 Å². The molecule has 4 aliphatic rings. The van der Waals surface area contributed by atoms with Gasteiger partial charge in [-0.1, -0.05) is 46.3 Å². The van der Waals surface area contributed by atoms with E-state index in [1.807, 2.05) is 0 Å². The van der Waals surface area contributed by atoms with E-state index in [1.165, 1.54) is 38.5 Å². The van der Waals surface area contributed by atoms with Crippen LogP contribution in [-0.2, 0) is 4.74 Å². The van der Waals surface area contributed by atoms with Crippen molar-refractivity contribution in [2.24, 2.45) is 41.4 Å². The van der Waals surface area contributed by atoms with E-state index in [4.69, 9.17) is 4.74 Å². The van der Waals surface area contributed by atoms with Gasteiger partial charge in [-0.25, -0.2) is 0 Å². The molecule has 1 saturated carbocycles. The summed E-state index contributed by atoms with van der Waals surface area (Å²) < 4.78 is 6.69. The van der Waals surface area contributed by atoms with Gasteiger partial charge in [0.1, 0.15) is 0 Å². The molecule has 2 aliphatic heterocycles. The molecule has 2 heteroatoms. The summed E-state index contributed by atoms with van der Waals surface area (Å²) in [6.45, 7) is 10.9. The van der Waals surface area contributed by atoms with Crippen LogP contribution in [0, 0.1) is 41.4 Å². The standard InChI is InChI=1S/C23H39NO/c1-14-9-10-18(11-16(14)3)23-17(4)20-12-21(24-13-22(20)25-23)19-8-6-5-7-15(19)2/h5,7,14-24H,6,8-13H2,1-4H3. The van der Waals surface area contributed by atoms with Gasteiger partial charge in [0.25, 0.3) is 0 Å². The lowest BCUT2D eigenvalue weighted by atomic mass is 9.68. The van der Waals surface area contributed by atoms with Crippen molar-refractivity contribution in [1.82, 2.24) is 5.32 Å². The van der Waals surface area contributed by atoms with Crippen LogP contribution in [0.15, 0.2) is 12.2 Å². The number of rotatable bonds is 2. The van der Waals surface area contributed by atoms with E-state index in [0.29, 0.717) is 18.2 Å². The smallest absolute Gasteiger partial charge is 0.0735 e. The molecule has 3 fully saturated rings. The molecule has 2 heterocycles. The maximum absolute atomic E-state index is 6.69. The van der Waals surface area contributed by atoms with Gasteiger partial charge in [0, 0.05) is 12.6 Å². The van der Waals surface area contributed by atoms with Crippen LogP contribution in [0.25, 0.3) is 0 Å². The van der Waals surface area contributed by atoms with Gasteiger partial charge in [-0.3, -0.25) is 0 Å². The number of allylic oxidation sites excluding steroid dienone is 2. The number of fused-ring (bicyclic) bond motifs is 1. The van der Waals surface area contributed by atoms with Crippen LogP contribution in [0.3, 0.4) is 0 Å². The third-order valence-corrected chi connectivity index (χ3v) is 8.51. The normalized spacial score (nSPS) is 53.6. The van der Waals surface area contributed by atoms with Crippen LogP contribution in [0.2, 0.25) is 0 Å². The van der Waals surface area contributed by atoms with Crippen LogP contribution in [0.5, 0.6) is 0 Å². The Morgan fingerprint density at radius 3 is 2.52 bits per heavy atom. The van der Waals surface area contributed by atoms with Crippen molar-refractivity contribution < 1.29 is 4.74 Å². The fourth-order valence-corrected chi connectivity index (χ4v) is 6.55. The minimum absolute atomic E-state index is 0.473. The van der Waals surface area contributed by atoms with E-state index < -0.39 is 0 Å². The van der Waals surface area contributed by atoms with E-state index in [-0.39, 0.29) is 0 Å². The molecule has 10 atom stereocenters. The molecule has 142 valence electrons. The number of piperidine rings is 1. The van der Waals surface area contributed by atoms with Crippen molar-refractivity contribution in [3.05, 3.63) is 12.2 Å². The van der Waals surface area contributed by atoms with Crippen LogP contribution in [0.4, 0.5) is 0 Å². The molecule has 0 aromatic heterocycles. The zero-order valence-corrected chi connectivity index (χ0v) is 16.8. The number of hydrogen-bond donors (Lipinski definition) is 1. The lowest BCUT2D eigenvalue weighted by Gasteiger charge is -2.40. The second-order valence-corrected chi connectivity index (χ2v) is 9.97. The Morgan fingerprint density at radius 1 is 0.920 bits per heavy atom. The lowest BCUT2D eigenvalue weighted by Crippen LogP contribution is -2.51. The Hall–Kier alpha value is -0.340. The maximum Gasteiger partial charge on any atom is 0.0735 e. The van der Waals surface area contributed by atoms with Crippen molar-refractivity contribution in [2.75, 3.05) is 6.54 Å². The molecule has 2 saturated heterocycles. The summed E-state index contributed by atoms with van der Waals surface area (Å²) in [5.74, 6) is 5.67. The van der Waals surface area contributed by atoms with Gasteiger partial charge < -0.3 is 10.1 Å². The van der Waals surface area contributed by atoms with Crippen LogP contribution < -0.4 is 5.32 Å². The average molecular weight is 346 g/mol. The molecule has 0 amide bonds. The highest BCUT2D eigenvalue weighted by atomic mass is 16.5. The molecule has 0 bridgehead atoms. The largest absolute Gasteiger partial charge is 0.373 e. The molecule has 2 nitrogen and oxygen atoms in total. The SMILES string of the molecule is CC1C=CCCC1C1CC2C(CN1)OC(C1CCC(C)C(C)C1)C2C. The summed E-state index contributed by atoms with van der Waals surface area (Å²) in [4.78, 5) is 0. The van der Waals surface area contributed by atoms with Gasteiger partial charge in [-0.05, 0) is 73.5 Å². The molecule has 0 aromatic carbocycles. The highest BCUT2D eigenvalue weighted by Gasteiger charge is 2.49. The summed E-state index contributed by atoms with van der Waals surface area (Å²) in [6.07, 6.45) is 14.0. The van der Waals surface area contributed by atoms with Gasteiger partial charge in [-0.2, -0.15) is 0 Å². The Kier molecular flexibility index (Phi) is 5.30. The van der Waals surface area contributed by atoms with Crippen LogP contribution in [0.1, 0.15) is 66.2 Å². The molecule has 10 unspecified atom stereocenters. The number of ether oxygens (including phenoxy) is 1. The zero-order valence-electron chi connectivity index (χ0n) is 16.8. The Labute approximate surface area is 155 Å². The van der Waals surface area contributed by atoms with E-state index in [1.54, 1.807) is 0 Å². The monoisotopic (exact) mass is 345 g/mol. The first-order valence-electron chi connectivity index (χ1n) is 11.1. The fraction of sp³-hybridized carbons (Fsp3) is 0.913. The second kappa shape index (κ2) is 7.35. The van der Waals surface area contributed by atoms with Crippen molar-refractivity contribution in [2.45, 2.75) is 84.5 Å². The topological polar surface area (TPSA) is 21.3 Å². The first-order valence-corrected chi connectivity index (χ1v) is 11.1. The summed E-state index contributed by atoms with van der Waals surface area (Å²) in [5.41, 5.74) is 0. The average Bonchev–Trinajstić information content (AvgIpc) is 2.94. The lowest BCUT2D eigenvalue weighted by molar-refractivity contribution is -0.0304. The molecular formula is C23H39NO. The minimum atomic E-state index is 0.473. The minimum Gasteiger partial charge on any atom is -0.373 e. The van der Waals surface area contributed by atoms with Crippen molar-refractivity contribution in [3.63, 3.8) is 0 Å². The van der Waals surface area contributed by atoms with Gasteiger partial charge in [0.2, 0.25) is 0 Å². The molecule has 25 heavy (non-hydrogen) atoms. The summed E-state index contributed by atoms with van der Waals surface area (Å²) >= 11 is 0. The summed E-state index contributed by atoms with van der Waals surface area (Å²) in [6, 6.07) is 0.705. The molecule has 0 radical (unpaired) electrons. The van der Waals surface area contributed by atoms with E-state index in [0.717, 1.165) is 48.0 Å². The highest BCUT2D eigenvalue weighted by molar-refractivity contribution is 5.04. The predicted molar refractivity (Wildman–Crippen MR) is 104 cm³/mol. The molecular weight excluding hydrogens is 306 g/mol.